The minimum atomic E-state index is 0.503. The third-order valence-corrected chi connectivity index (χ3v) is 3.53. The molecule has 0 amide bonds. The molecule has 2 aromatic rings. The summed E-state index contributed by atoms with van der Waals surface area (Å²) in [6.07, 6.45) is 2.53. The summed E-state index contributed by atoms with van der Waals surface area (Å²) in [6, 6.07) is 11.3. The topological polar surface area (TPSA) is 77.3 Å². The number of hydrogen-bond acceptors (Lipinski definition) is 5. The highest BCUT2D eigenvalue weighted by Gasteiger charge is 1.99. The molecule has 0 saturated heterocycles. The number of ether oxygens (including phenoxy) is 3. The molecular formula is C19H27N3O4. The highest BCUT2D eigenvalue weighted by Crippen LogP contribution is 2.16. The Morgan fingerprint density at radius 2 is 1.81 bits per heavy atom. The van der Waals surface area contributed by atoms with E-state index in [1.54, 1.807) is 20.4 Å². The lowest BCUT2D eigenvalue weighted by Crippen LogP contribution is -2.39. The van der Waals surface area contributed by atoms with Crippen LogP contribution in [0.4, 0.5) is 0 Å². The average Bonchev–Trinajstić information content (AvgIpc) is 3.20. The van der Waals surface area contributed by atoms with Gasteiger partial charge in [-0.05, 0) is 42.8 Å². The van der Waals surface area contributed by atoms with Crippen molar-refractivity contribution in [2.45, 2.75) is 13.0 Å². The van der Waals surface area contributed by atoms with Crippen molar-refractivity contribution in [3.8, 4) is 11.5 Å². The van der Waals surface area contributed by atoms with Gasteiger partial charge in [0.2, 0.25) is 0 Å². The van der Waals surface area contributed by atoms with Gasteiger partial charge in [-0.3, -0.25) is 4.99 Å². The summed E-state index contributed by atoms with van der Waals surface area (Å²) in [6.45, 7) is 3.13. The van der Waals surface area contributed by atoms with Crippen LogP contribution in [0.15, 0.2) is 52.1 Å². The lowest BCUT2D eigenvalue weighted by Gasteiger charge is -2.12. The van der Waals surface area contributed by atoms with E-state index in [4.69, 9.17) is 18.6 Å². The first-order chi connectivity index (χ1) is 12.8. The summed E-state index contributed by atoms with van der Waals surface area (Å²) in [5.74, 6) is 3.21. The Morgan fingerprint density at radius 1 is 1.04 bits per heavy atom. The van der Waals surface area contributed by atoms with Gasteiger partial charge in [0.1, 0.15) is 30.5 Å². The highest BCUT2D eigenvalue weighted by atomic mass is 16.5. The van der Waals surface area contributed by atoms with E-state index in [0.29, 0.717) is 26.4 Å². The number of methoxy groups -OCH3 is 1. The van der Waals surface area contributed by atoms with Crippen LogP contribution in [0.3, 0.4) is 0 Å². The number of nitrogens with one attached hydrogen (secondary N) is 2. The molecule has 0 aliphatic rings. The second-order valence-corrected chi connectivity index (χ2v) is 5.44. The second kappa shape index (κ2) is 11.8. The maximum absolute atomic E-state index is 5.66. The maximum atomic E-state index is 5.66. The molecule has 7 heteroatoms. The predicted octanol–water partition coefficient (Wildman–Crippen LogP) is 2.44. The summed E-state index contributed by atoms with van der Waals surface area (Å²) >= 11 is 0. The molecule has 0 aliphatic carbocycles. The third kappa shape index (κ3) is 7.48. The van der Waals surface area contributed by atoms with Gasteiger partial charge in [0.25, 0.3) is 0 Å². The molecule has 1 aromatic heterocycles. The van der Waals surface area contributed by atoms with E-state index in [9.17, 15) is 0 Å². The fourth-order valence-electron chi connectivity index (χ4n) is 2.18. The molecular weight excluding hydrogens is 334 g/mol. The van der Waals surface area contributed by atoms with Gasteiger partial charge in [-0.1, -0.05) is 0 Å². The Morgan fingerprint density at radius 3 is 2.50 bits per heavy atom. The zero-order chi connectivity index (χ0) is 18.5. The van der Waals surface area contributed by atoms with Crippen molar-refractivity contribution in [2.75, 3.05) is 40.5 Å². The Hall–Kier alpha value is -2.67. The minimum Gasteiger partial charge on any atom is -0.497 e. The van der Waals surface area contributed by atoms with Crippen molar-refractivity contribution in [3.05, 3.63) is 48.4 Å². The number of aliphatic imine (C=N–C) groups is 1. The van der Waals surface area contributed by atoms with Crippen molar-refractivity contribution in [3.63, 3.8) is 0 Å². The van der Waals surface area contributed by atoms with Gasteiger partial charge in [0.15, 0.2) is 5.96 Å². The quantitative estimate of drug-likeness (QED) is 0.364. The molecule has 2 N–H and O–H groups in total. The van der Waals surface area contributed by atoms with Crippen molar-refractivity contribution in [1.29, 1.82) is 0 Å². The zero-order valence-electron chi connectivity index (χ0n) is 15.4. The van der Waals surface area contributed by atoms with Crippen molar-refractivity contribution < 1.29 is 18.6 Å². The van der Waals surface area contributed by atoms with Gasteiger partial charge in [-0.2, -0.15) is 0 Å². The standard InChI is InChI=1S/C19H27N3O4/c1-20-19(21-10-4-12-24-15-18-5-3-13-25-18)22-11-14-26-17-8-6-16(23-2)7-9-17/h3,5-9,13H,4,10-12,14-15H2,1-2H3,(H2,20,21,22). The summed E-state index contributed by atoms with van der Waals surface area (Å²) in [5.41, 5.74) is 0. The first kappa shape index (κ1) is 19.7. The van der Waals surface area contributed by atoms with Crippen LogP contribution in [-0.2, 0) is 11.3 Å². The lowest BCUT2D eigenvalue weighted by molar-refractivity contribution is 0.105. The Bertz CT molecular complexity index is 627. The van der Waals surface area contributed by atoms with Crippen LogP contribution in [0.25, 0.3) is 0 Å². The molecule has 0 atom stereocenters. The number of benzene rings is 1. The highest BCUT2D eigenvalue weighted by molar-refractivity contribution is 5.79. The Labute approximate surface area is 154 Å². The molecule has 0 fully saturated rings. The van der Waals surface area contributed by atoms with E-state index in [2.05, 4.69) is 15.6 Å². The van der Waals surface area contributed by atoms with E-state index in [0.717, 1.165) is 36.2 Å². The lowest BCUT2D eigenvalue weighted by atomic mass is 10.3. The molecule has 2 rings (SSSR count). The number of hydrogen-bond donors (Lipinski definition) is 2. The summed E-state index contributed by atoms with van der Waals surface area (Å²) in [7, 11) is 3.39. The Balaban J connectivity index is 1.50. The summed E-state index contributed by atoms with van der Waals surface area (Å²) in [4.78, 5) is 4.18. The van der Waals surface area contributed by atoms with Gasteiger partial charge in [0, 0.05) is 20.2 Å². The van der Waals surface area contributed by atoms with E-state index in [1.807, 2.05) is 36.4 Å². The molecule has 0 aliphatic heterocycles. The summed E-state index contributed by atoms with van der Waals surface area (Å²) in [5, 5.41) is 6.45. The van der Waals surface area contributed by atoms with Crippen LogP contribution in [0.5, 0.6) is 11.5 Å². The van der Waals surface area contributed by atoms with Gasteiger partial charge in [-0.15, -0.1) is 0 Å². The fraction of sp³-hybridized carbons (Fsp3) is 0.421. The van der Waals surface area contributed by atoms with Crippen LogP contribution in [0.1, 0.15) is 12.2 Å². The molecule has 1 aromatic carbocycles. The maximum Gasteiger partial charge on any atom is 0.191 e. The molecule has 142 valence electrons. The number of guanidine groups is 1. The molecule has 26 heavy (non-hydrogen) atoms. The number of rotatable bonds is 11. The van der Waals surface area contributed by atoms with Crippen LogP contribution in [0.2, 0.25) is 0 Å². The smallest absolute Gasteiger partial charge is 0.191 e. The first-order valence-electron chi connectivity index (χ1n) is 8.63. The zero-order valence-corrected chi connectivity index (χ0v) is 15.4. The average molecular weight is 361 g/mol. The predicted molar refractivity (Wildman–Crippen MR) is 101 cm³/mol. The van der Waals surface area contributed by atoms with E-state index in [1.165, 1.54) is 0 Å². The monoisotopic (exact) mass is 361 g/mol. The molecule has 0 radical (unpaired) electrons. The minimum absolute atomic E-state index is 0.503. The van der Waals surface area contributed by atoms with Gasteiger partial charge in [-0.25, -0.2) is 0 Å². The van der Waals surface area contributed by atoms with Gasteiger partial charge < -0.3 is 29.3 Å². The number of nitrogens with zero attached hydrogens (tertiary/aromatic N) is 1. The van der Waals surface area contributed by atoms with Gasteiger partial charge in [0.05, 0.1) is 19.9 Å². The normalized spacial score (nSPS) is 11.2. The van der Waals surface area contributed by atoms with Crippen molar-refractivity contribution in [2.24, 2.45) is 4.99 Å². The van der Waals surface area contributed by atoms with Crippen LogP contribution in [-0.4, -0.2) is 46.4 Å². The van der Waals surface area contributed by atoms with Crippen LogP contribution in [0, 0.1) is 0 Å². The fourth-order valence-corrected chi connectivity index (χ4v) is 2.18. The van der Waals surface area contributed by atoms with Crippen molar-refractivity contribution in [1.82, 2.24) is 10.6 Å². The molecule has 0 spiro atoms. The van der Waals surface area contributed by atoms with E-state index in [-0.39, 0.29) is 0 Å². The van der Waals surface area contributed by atoms with Crippen LogP contribution < -0.4 is 20.1 Å². The molecule has 7 nitrogen and oxygen atoms in total. The molecule has 1 heterocycles. The third-order valence-electron chi connectivity index (χ3n) is 3.53. The van der Waals surface area contributed by atoms with E-state index < -0.39 is 0 Å². The molecule has 0 bridgehead atoms. The molecule has 0 unspecified atom stereocenters. The summed E-state index contributed by atoms with van der Waals surface area (Å²) < 4.78 is 21.5. The SMILES string of the molecule is CN=C(NCCCOCc1ccco1)NCCOc1ccc(OC)cc1. The largest absolute Gasteiger partial charge is 0.497 e. The van der Waals surface area contributed by atoms with E-state index >= 15 is 0 Å². The molecule has 0 saturated carbocycles. The first-order valence-corrected chi connectivity index (χ1v) is 8.63. The van der Waals surface area contributed by atoms with Crippen molar-refractivity contribution >= 4 is 5.96 Å². The van der Waals surface area contributed by atoms with Crippen LogP contribution >= 0.6 is 0 Å². The van der Waals surface area contributed by atoms with Gasteiger partial charge >= 0.3 is 0 Å². The number of furan rings is 1. The Kier molecular flexibility index (Phi) is 8.93. The second-order valence-electron chi connectivity index (χ2n) is 5.44.